The summed E-state index contributed by atoms with van der Waals surface area (Å²) in [6.45, 7) is 5.14. The second kappa shape index (κ2) is 6.91. The van der Waals surface area contributed by atoms with Gasteiger partial charge in [0, 0.05) is 24.6 Å². The van der Waals surface area contributed by atoms with E-state index in [4.69, 9.17) is 0 Å². The van der Waals surface area contributed by atoms with Gasteiger partial charge in [-0.05, 0) is 38.6 Å². The Morgan fingerprint density at radius 1 is 1.11 bits per heavy atom. The number of aliphatic hydroxyl groups is 1. The molecule has 1 saturated heterocycles. The molecule has 0 amide bonds. The van der Waals surface area contributed by atoms with Crippen LogP contribution in [-0.4, -0.2) is 35.7 Å². The zero-order valence-corrected chi connectivity index (χ0v) is 12.2. The summed E-state index contributed by atoms with van der Waals surface area (Å²) in [7, 11) is 0. The highest BCUT2D eigenvalue weighted by molar-refractivity contribution is 4.88. The minimum Gasteiger partial charge on any atom is -0.396 e. The predicted octanol–water partition coefficient (Wildman–Crippen LogP) is 3.58. The SMILES string of the molecule is CCCC1CCCCN1CC1(CO)CCCCC1. The largest absolute Gasteiger partial charge is 0.396 e. The molecule has 2 nitrogen and oxygen atoms in total. The van der Waals surface area contributed by atoms with Crippen LogP contribution in [0.4, 0.5) is 0 Å². The van der Waals surface area contributed by atoms with Crippen molar-refractivity contribution in [2.24, 2.45) is 5.41 Å². The zero-order valence-electron chi connectivity index (χ0n) is 12.2. The lowest BCUT2D eigenvalue weighted by Crippen LogP contribution is -2.48. The van der Waals surface area contributed by atoms with Crippen molar-refractivity contribution in [1.29, 1.82) is 0 Å². The third-order valence-electron chi connectivity index (χ3n) is 5.16. The van der Waals surface area contributed by atoms with Gasteiger partial charge in [-0.25, -0.2) is 0 Å². The van der Waals surface area contributed by atoms with Crippen LogP contribution in [0.3, 0.4) is 0 Å². The quantitative estimate of drug-likeness (QED) is 0.809. The monoisotopic (exact) mass is 253 g/mol. The molecule has 0 radical (unpaired) electrons. The van der Waals surface area contributed by atoms with Gasteiger partial charge in [0.2, 0.25) is 0 Å². The molecular formula is C16H31NO. The summed E-state index contributed by atoms with van der Waals surface area (Å²) in [6, 6.07) is 0.800. The smallest absolute Gasteiger partial charge is 0.0499 e. The average molecular weight is 253 g/mol. The van der Waals surface area contributed by atoms with E-state index in [1.165, 1.54) is 70.8 Å². The van der Waals surface area contributed by atoms with E-state index >= 15 is 0 Å². The fraction of sp³-hybridized carbons (Fsp3) is 1.00. The Labute approximate surface area is 113 Å². The molecule has 1 saturated carbocycles. The Morgan fingerprint density at radius 3 is 2.56 bits per heavy atom. The number of rotatable bonds is 5. The Morgan fingerprint density at radius 2 is 1.89 bits per heavy atom. The summed E-state index contributed by atoms with van der Waals surface area (Å²) in [5.41, 5.74) is 0.238. The topological polar surface area (TPSA) is 23.5 Å². The van der Waals surface area contributed by atoms with Crippen LogP contribution in [0.25, 0.3) is 0 Å². The molecular weight excluding hydrogens is 222 g/mol. The normalized spacial score (nSPS) is 29.3. The highest BCUT2D eigenvalue weighted by Crippen LogP contribution is 2.38. The molecule has 2 rings (SSSR count). The highest BCUT2D eigenvalue weighted by atomic mass is 16.3. The molecule has 1 atom stereocenters. The Bertz CT molecular complexity index is 233. The first-order valence-corrected chi connectivity index (χ1v) is 8.14. The summed E-state index contributed by atoms with van der Waals surface area (Å²) in [5, 5.41) is 9.86. The van der Waals surface area contributed by atoms with Crippen molar-refractivity contribution >= 4 is 0 Å². The molecule has 1 N–H and O–H groups in total. The minimum atomic E-state index is 0.238. The second-order valence-electron chi connectivity index (χ2n) is 6.63. The van der Waals surface area contributed by atoms with E-state index in [0.717, 1.165) is 12.6 Å². The predicted molar refractivity (Wildman–Crippen MR) is 76.7 cm³/mol. The van der Waals surface area contributed by atoms with Gasteiger partial charge < -0.3 is 5.11 Å². The lowest BCUT2D eigenvalue weighted by molar-refractivity contribution is 0.0122. The number of hydrogen-bond donors (Lipinski definition) is 1. The van der Waals surface area contributed by atoms with Crippen LogP contribution in [0.5, 0.6) is 0 Å². The highest BCUT2D eigenvalue weighted by Gasteiger charge is 2.35. The van der Waals surface area contributed by atoms with E-state index in [-0.39, 0.29) is 5.41 Å². The van der Waals surface area contributed by atoms with Crippen LogP contribution < -0.4 is 0 Å². The zero-order chi connectivity index (χ0) is 12.8. The Kier molecular flexibility index (Phi) is 5.50. The third-order valence-corrected chi connectivity index (χ3v) is 5.16. The van der Waals surface area contributed by atoms with Gasteiger partial charge in [-0.3, -0.25) is 4.90 Å². The van der Waals surface area contributed by atoms with Gasteiger partial charge in [0.15, 0.2) is 0 Å². The van der Waals surface area contributed by atoms with Crippen LogP contribution in [0, 0.1) is 5.41 Å². The Balaban J connectivity index is 1.95. The van der Waals surface area contributed by atoms with Crippen molar-refractivity contribution in [3.05, 3.63) is 0 Å². The van der Waals surface area contributed by atoms with Crippen LogP contribution >= 0.6 is 0 Å². The molecule has 0 aromatic carbocycles. The molecule has 1 heterocycles. The van der Waals surface area contributed by atoms with E-state index in [1.807, 2.05) is 0 Å². The molecule has 2 fully saturated rings. The molecule has 18 heavy (non-hydrogen) atoms. The summed E-state index contributed by atoms with van der Waals surface area (Å²) >= 11 is 0. The van der Waals surface area contributed by atoms with Crippen molar-refractivity contribution in [2.75, 3.05) is 19.7 Å². The van der Waals surface area contributed by atoms with Gasteiger partial charge in [-0.2, -0.15) is 0 Å². The third kappa shape index (κ3) is 3.48. The molecule has 0 aromatic heterocycles. The molecule has 0 aromatic rings. The molecule has 1 aliphatic heterocycles. The number of piperidine rings is 1. The minimum absolute atomic E-state index is 0.238. The maximum Gasteiger partial charge on any atom is 0.0499 e. The lowest BCUT2D eigenvalue weighted by Gasteiger charge is -2.44. The summed E-state index contributed by atoms with van der Waals surface area (Å²) in [4.78, 5) is 2.72. The molecule has 106 valence electrons. The van der Waals surface area contributed by atoms with Gasteiger partial charge in [-0.1, -0.05) is 39.0 Å². The maximum absolute atomic E-state index is 9.86. The van der Waals surface area contributed by atoms with Crippen LogP contribution in [0.1, 0.15) is 71.1 Å². The first kappa shape index (κ1) is 14.3. The number of aliphatic hydroxyl groups excluding tert-OH is 1. The van der Waals surface area contributed by atoms with Crippen molar-refractivity contribution in [3.63, 3.8) is 0 Å². The summed E-state index contributed by atoms with van der Waals surface area (Å²) < 4.78 is 0. The van der Waals surface area contributed by atoms with Crippen LogP contribution in [0.15, 0.2) is 0 Å². The van der Waals surface area contributed by atoms with Gasteiger partial charge >= 0.3 is 0 Å². The lowest BCUT2D eigenvalue weighted by atomic mass is 9.73. The molecule has 2 aliphatic rings. The molecule has 0 bridgehead atoms. The van der Waals surface area contributed by atoms with E-state index in [1.54, 1.807) is 0 Å². The fourth-order valence-electron chi connectivity index (χ4n) is 4.03. The number of hydrogen-bond acceptors (Lipinski definition) is 2. The van der Waals surface area contributed by atoms with Gasteiger partial charge in [0.25, 0.3) is 0 Å². The van der Waals surface area contributed by atoms with Crippen molar-refractivity contribution in [1.82, 2.24) is 4.90 Å². The average Bonchev–Trinajstić information content (AvgIpc) is 2.42. The number of likely N-dealkylation sites (tertiary alicyclic amines) is 1. The Hall–Kier alpha value is -0.0800. The van der Waals surface area contributed by atoms with Crippen LogP contribution in [0.2, 0.25) is 0 Å². The second-order valence-corrected chi connectivity index (χ2v) is 6.63. The molecule has 1 aliphatic carbocycles. The molecule has 2 heteroatoms. The van der Waals surface area contributed by atoms with Crippen molar-refractivity contribution in [3.8, 4) is 0 Å². The van der Waals surface area contributed by atoms with E-state index in [2.05, 4.69) is 11.8 Å². The standard InChI is InChI=1S/C16H31NO/c1-2-8-15-9-4-7-12-17(15)13-16(14-18)10-5-3-6-11-16/h15,18H,2-14H2,1H3. The summed E-state index contributed by atoms with van der Waals surface area (Å²) in [5.74, 6) is 0. The first-order chi connectivity index (χ1) is 8.79. The first-order valence-electron chi connectivity index (χ1n) is 8.14. The fourth-order valence-corrected chi connectivity index (χ4v) is 4.03. The number of nitrogens with zero attached hydrogens (tertiary/aromatic N) is 1. The van der Waals surface area contributed by atoms with Gasteiger partial charge in [-0.15, -0.1) is 0 Å². The van der Waals surface area contributed by atoms with Crippen molar-refractivity contribution in [2.45, 2.75) is 77.2 Å². The maximum atomic E-state index is 9.86. The van der Waals surface area contributed by atoms with E-state index in [0.29, 0.717) is 6.61 Å². The molecule has 0 spiro atoms. The van der Waals surface area contributed by atoms with Crippen molar-refractivity contribution < 1.29 is 5.11 Å². The van der Waals surface area contributed by atoms with Crippen LogP contribution in [-0.2, 0) is 0 Å². The van der Waals surface area contributed by atoms with Gasteiger partial charge in [0.1, 0.15) is 0 Å². The summed E-state index contributed by atoms with van der Waals surface area (Å²) in [6.07, 6.45) is 13.3. The van der Waals surface area contributed by atoms with E-state index in [9.17, 15) is 5.11 Å². The van der Waals surface area contributed by atoms with Gasteiger partial charge in [0.05, 0.1) is 0 Å². The van der Waals surface area contributed by atoms with E-state index < -0.39 is 0 Å². The molecule has 1 unspecified atom stereocenters.